The zero-order chi connectivity index (χ0) is 19.5. The van der Waals surface area contributed by atoms with Crippen molar-refractivity contribution in [2.75, 3.05) is 51.3 Å². The summed E-state index contributed by atoms with van der Waals surface area (Å²) < 4.78 is 5.38. The van der Waals surface area contributed by atoms with Crippen LogP contribution >= 0.6 is 0 Å². The van der Waals surface area contributed by atoms with E-state index < -0.39 is 22.8 Å². The normalized spacial score (nSPS) is 25.8. The minimum atomic E-state index is -0.906. The van der Waals surface area contributed by atoms with Crippen LogP contribution in [0, 0.1) is 5.41 Å². The second-order valence-corrected chi connectivity index (χ2v) is 8.10. The molecule has 0 aliphatic carbocycles. The average Bonchev–Trinajstić information content (AvgIpc) is 2.65. The molecule has 1 unspecified atom stereocenters. The number of rotatable bonds is 3. The van der Waals surface area contributed by atoms with Crippen molar-refractivity contribution in [1.29, 1.82) is 0 Å². The minimum absolute atomic E-state index is 0.342. The number of hydrogen-bond donors (Lipinski definition) is 2. The lowest BCUT2D eigenvalue weighted by Gasteiger charge is -2.52. The third kappa shape index (κ3) is 4.48. The molecule has 0 bridgehead atoms. The molecule has 2 heterocycles. The highest BCUT2D eigenvalue weighted by Gasteiger charge is 2.49. The Kier molecular flexibility index (Phi) is 5.83. The number of nitrogens with one attached hydrogen (secondary N) is 1. The monoisotopic (exact) mass is 375 g/mol. The van der Waals surface area contributed by atoms with E-state index in [2.05, 4.69) is 10.2 Å². The van der Waals surface area contributed by atoms with Gasteiger partial charge in [0.1, 0.15) is 0 Å². The van der Waals surface area contributed by atoms with Gasteiger partial charge in [0.2, 0.25) is 0 Å². The molecule has 3 rings (SSSR count). The number of anilines is 1. The number of para-hydroxylation sites is 1. The topological polar surface area (TPSA) is 82.1 Å². The number of piperidine rings is 1. The summed E-state index contributed by atoms with van der Waals surface area (Å²) in [5, 5.41) is 13.9. The maximum absolute atomic E-state index is 12.6. The first-order valence-electron chi connectivity index (χ1n) is 9.49. The average molecular weight is 375 g/mol. The molecule has 1 aromatic rings. The molecule has 0 saturated carbocycles. The van der Waals surface area contributed by atoms with E-state index in [1.807, 2.05) is 19.9 Å². The van der Waals surface area contributed by atoms with Crippen LogP contribution < -0.4 is 5.32 Å². The van der Waals surface area contributed by atoms with Crippen molar-refractivity contribution in [3.05, 3.63) is 30.3 Å². The number of β-amino-alcohol motifs (C(OH)–C–C–N with tert-alkyl or cyclic N) is 1. The van der Waals surface area contributed by atoms with Crippen molar-refractivity contribution in [2.24, 2.45) is 5.41 Å². The molecule has 2 aliphatic heterocycles. The van der Waals surface area contributed by atoms with Crippen molar-refractivity contribution in [3.63, 3.8) is 0 Å². The van der Waals surface area contributed by atoms with Gasteiger partial charge in [-0.25, -0.2) is 0 Å². The van der Waals surface area contributed by atoms with Gasteiger partial charge in [-0.3, -0.25) is 14.5 Å². The van der Waals surface area contributed by atoms with Crippen LogP contribution in [0.2, 0.25) is 0 Å². The number of aliphatic hydroxyl groups is 1. The Balaban J connectivity index is 1.61. The number of hydrogen-bond acceptors (Lipinski definition) is 5. The van der Waals surface area contributed by atoms with Gasteiger partial charge in [0.15, 0.2) is 0 Å². The number of benzene rings is 1. The number of morpholine rings is 1. The molecule has 2 N–H and O–H groups in total. The van der Waals surface area contributed by atoms with Crippen molar-refractivity contribution in [1.82, 2.24) is 9.80 Å². The van der Waals surface area contributed by atoms with E-state index in [9.17, 15) is 14.7 Å². The molecule has 1 atom stereocenters. The van der Waals surface area contributed by atoms with E-state index in [0.29, 0.717) is 45.0 Å². The Labute approximate surface area is 160 Å². The van der Waals surface area contributed by atoms with Gasteiger partial charge in [-0.2, -0.15) is 0 Å². The molecule has 0 radical (unpaired) electrons. The van der Waals surface area contributed by atoms with E-state index in [0.717, 1.165) is 13.1 Å². The highest BCUT2D eigenvalue weighted by Crippen LogP contribution is 2.39. The molecule has 1 aromatic carbocycles. The van der Waals surface area contributed by atoms with Crippen LogP contribution in [0.1, 0.15) is 20.3 Å². The van der Waals surface area contributed by atoms with Crippen molar-refractivity contribution in [3.8, 4) is 0 Å². The maximum atomic E-state index is 12.6. The molecule has 7 nitrogen and oxygen atoms in total. The van der Waals surface area contributed by atoms with Gasteiger partial charge in [0.05, 0.1) is 18.8 Å². The van der Waals surface area contributed by atoms with Crippen molar-refractivity contribution < 1.29 is 19.4 Å². The summed E-state index contributed by atoms with van der Waals surface area (Å²) in [6, 6.07) is 8.93. The predicted octanol–water partition coefficient (Wildman–Crippen LogP) is 0.947. The zero-order valence-electron chi connectivity index (χ0n) is 16.1. The van der Waals surface area contributed by atoms with Gasteiger partial charge < -0.3 is 20.1 Å². The number of ether oxygens (including phenoxy) is 1. The van der Waals surface area contributed by atoms with Gasteiger partial charge in [-0.05, 0) is 18.6 Å². The maximum Gasteiger partial charge on any atom is 0.313 e. The SMILES string of the molecule is CC1(C)CN(C(=O)C(=O)Nc2ccccc2)CCC1(O)CN1CCOCC1. The Morgan fingerprint density at radius 3 is 2.44 bits per heavy atom. The molecule has 2 saturated heterocycles. The van der Waals surface area contributed by atoms with Gasteiger partial charge >= 0.3 is 11.8 Å². The van der Waals surface area contributed by atoms with E-state index in [4.69, 9.17) is 4.74 Å². The summed E-state index contributed by atoms with van der Waals surface area (Å²) in [7, 11) is 0. The van der Waals surface area contributed by atoms with Crippen LogP contribution in [-0.2, 0) is 14.3 Å². The van der Waals surface area contributed by atoms with Gasteiger partial charge in [0.25, 0.3) is 0 Å². The van der Waals surface area contributed by atoms with Crippen molar-refractivity contribution >= 4 is 17.5 Å². The summed E-state index contributed by atoms with van der Waals surface area (Å²) in [6.45, 7) is 8.16. The number of amides is 2. The van der Waals surface area contributed by atoms with Gasteiger partial charge in [-0.15, -0.1) is 0 Å². The molecule has 148 valence electrons. The second-order valence-electron chi connectivity index (χ2n) is 8.10. The highest BCUT2D eigenvalue weighted by molar-refractivity contribution is 6.39. The molecule has 2 fully saturated rings. The molecule has 2 aliphatic rings. The number of nitrogens with zero attached hydrogens (tertiary/aromatic N) is 2. The van der Waals surface area contributed by atoms with E-state index in [1.165, 1.54) is 0 Å². The number of likely N-dealkylation sites (tertiary alicyclic amines) is 1. The zero-order valence-corrected chi connectivity index (χ0v) is 16.1. The van der Waals surface area contributed by atoms with Gasteiger partial charge in [-0.1, -0.05) is 32.0 Å². The lowest BCUT2D eigenvalue weighted by Crippen LogP contribution is -2.64. The summed E-state index contributed by atoms with van der Waals surface area (Å²) >= 11 is 0. The van der Waals surface area contributed by atoms with Crippen LogP contribution in [0.3, 0.4) is 0 Å². The van der Waals surface area contributed by atoms with Crippen LogP contribution in [0.15, 0.2) is 30.3 Å². The fraction of sp³-hybridized carbons (Fsp3) is 0.600. The van der Waals surface area contributed by atoms with Crippen molar-refractivity contribution in [2.45, 2.75) is 25.9 Å². The Morgan fingerprint density at radius 2 is 1.81 bits per heavy atom. The molecule has 2 amide bonds. The van der Waals surface area contributed by atoms with Crippen LogP contribution in [0.4, 0.5) is 5.69 Å². The quantitative estimate of drug-likeness (QED) is 0.769. The Hall–Kier alpha value is -1.96. The summed E-state index contributed by atoms with van der Waals surface area (Å²) in [6.07, 6.45) is 0.446. The van der Waals surface area contributed by atoms with Crippen LogP contribution in [-0.4, -0.2) is 78.3 Å². The first-order chi connectivity index (χ1) is 12.8. The summed E-state index contributed by atoms with van der Waals surface area (Å²) in [5.74, 6) is -1.20. The van der Waals surface area contributed by atoms with Crippen LogP contribution in [0.5, 0.6) is 0 Å². The first-order valence-corrected chi connectivity index (χ1v) is 9.49. The number of carbonyl (C=O) groups is 2. The molecular formula is C20H29N3O4. The third-order valence-corrected chi connectivity index (χ3v) is 5.74. The summed E-state index contributed by atoms with van der Waals surface area (Å²) in [4.78, 5) is 28.7. The lowest BCUT2D eigenvalue weighted by atomic mass is 9.69. The van der Waals surface area contributed by atoms with E-state index in [1.54, 1.807) is 29.2 Å². The second kappa shape index (κ2) is 7.96. The van der Waals surface area contributed by atoms with E-state index >= 15 is 0 Å². The molecule has 7 heteroatoms. The lowest BCUT2D eigenvalue weighted by molar-refractivity contribution is -0.161. The fourth-order valence-electron chi connectivity index (χ4n) is 3.81. The Morgan fingerprint density at radius 1 is 1.15 bits per heavy atom. The number of carbonyl (C=O) groups excluding carboxylic acids is 2. The largest absolute Gasteiger partial charge is 0.388 e. The summed E-state index contributed by atoms with van der Waals surface area (Å²) in [5.41, 5.74) is -0.834. The van der Waals surface area contributed by atoms with E-state index in [-0.39, 0.29) is 0 Å². The molecular weight excluding hydrogens is 346 g/mol. The smallest absolute Gasteiger partial charge is 0.313 e. The molecule has 0 spiro atoms. The van der Waals surface area contributed by atoms with Gasteiger partial charge in [0, 0.05) is 43.8 Å². The predicted molar refractivity (Wildman–Crippen MR) is 102 cm³/mol. The Bertz CT molecular complexity index is 673. The fourth-order valence-corrected chi connectivity index (χ4v) is 3.81. The van der Waals surface area contributed by atoms with Crippen LogP contribution in [0.25, 0.3) is 0 Å². The standard InChI is InChI=1S/C20H29N3O4/c1-19(2)14-23(18(25)17(24)21-16-6-4-3-5-7-16)9-8-20(19,26)15-22-10-12-27-13-11-22/h3-7,26H,8-15H2,1-2H3,(H,21,24). The first kappa shape index (κ1) is 19.8. The highest BCUT2D eigenvalue weighted by atomic mass is 16.5. The third-order valence-electron chi connectivity index (χ3n) is 5.74. The molecule has 27 heavy (non-hydrogen) atoms. The molecule has 0 aromatic heterocycles. The minimum Gasteiger partial charge on any atom is -0.388 e.